The molecule has 0 fully saturated rings. The van der Waals surface area contributed by atoms with Crippen molar-refractivity contribution in [1.29, 1.82) is 0 Å². The highest BCUT2D eigenvalue weighted by atomic mass is 35.5. The van der Waals surface area contributed by atoms with Gasteiger partial charge < -0.3 is 15.6 Å². The highest BCUT2D eigenvalue weighted by Crippen LogP contribution is 2.30. The highest BCUT2D eigenvalue weighted by Gasteiger charge is 2.16. The lowest BCUT2D eigenvalue weighted by Gasteiger charge is -2.17. The predicted octanol–water partition coefficient (Wildman–Crippen LogP) is 5.01. The quantitative estimate of drug-likeness (QED) is 0.459. The lowest BCUT2D eigenvalue weighted by molar-refractivity contribution is 0.578. The van der Waals surface area contributed by atoms with Gasteiger partial charge in [0.05, 0.1) is 20.3 Å². The van der Waals surface area contributed by atoms with E-state index in [-0.39, 0.29) is 12.5 Å². The summed E-state index contributed by atoms with van der Waals surface area (Å²) in [5.74, 6) is 0.0680. The smallest absolute Gasteiger partial charge is 0.193 e. The molecule has 1 atom stereocenters. The third-order valence-electron chi connectivity index (χ3n) is 3.51. The number of rotatable bonds is 5. The minimum Gasteiger partial charge on any atom is -0.370 e. The van der Waals surface area contributed by atoms with E-state index in [2.05, 4.69) is 15.3 Å². The summed E-state index contributed by atoms with van der Waals surface area (Å²) in [5.41, 5.74) is 7.24. The average Bonchev–Trinajstić information content (AvgIpc) is 3.09. The molecule has 26 heavy (non-hydrogen) atoms. The monoisotopic (exact) mass is 408 g/mol. The maximum absolute atomic E-state index is 8.97. The minimum absolute atomic E-state index is 0.0680. The molecule has 134 valence electrons. The third-order valence-corrected chi connectivity index (χ3v) is 4.31. The van der Waals surface area contributed by atoms with Crippen LogP contribution in [0.4, 0.5) is 5.69 Å². The second-order valence-corrected chi connectivity index (χ2v) is 6.71. The molecule has 5 nitrogen and oxygen atoms in total. The van der Waals surface area contributed by atoms with Crippen molar-refractivity contribution in [1.82, 2.24) is 9.55 Å². The van der Waals surface area contributed by atoms with E-state index < -0.39 is 6.02 Å². The van der Waals surface area contributed by atoms with Gasteiger partial charge >= 0.3 is 0 Å². The van der Waals surface area contributed by atoms with Crippen LogP contribution in [0.3, 0.4) is 0 Å². The largest absolute Gasteiger partial charge is 0.370 e. The number of imidazole rings is 1. The van der Waals surface area contributed by atoms with Crippen LogP contribution in [-0.4, -0.2) is 15.5 Å². The Morgan fingerprint density at radius 1 is 1.19 bits per heavy atom. The van der Waals surface area contributed by atoms with Crippen LogP contribution in [-0.2, 0) is 6.54 Å². The summed E-state index contributed by atoms with van der Waals surface area (Å²) in [4.78, 5) is 8.41. The van der Waals surface area contributed by atoms with Gasteiger partial charge in [0, 0.05) is 33.1 Å². The van der Waals surface area contributed by atoms with Crippen LogP contribution >= 0.6 is 34.8 Å². The maximum atomic E-state index is 8.97. The van der Waals surface area contributed by atoms with Crippen molar-refractivity contribution in [3.8, 4) is 0 Å². The fourth-order valence-corrected chi connectivity index (χ4v) is 2.96. The number of nitrogens with one attached hydrogen (secondary N) is 1. The first-order chi connectivity index (χ1) is 12.9. The number of nitrogens with two attached hydrogens (primary N) is 1. The predicted molar refractivity (Wildman–Crippen MR) is 108 cm³/mol. The van der Waals surface area contributed by atoms with E-state index in [0.29, 0.717) is 26.3 Å². The van der Waals surface area contributed by atoms with Crippen LogP contribution in [0.5, 0.6) is 0 Å². The molecule has 0 aliphatic carbocycles. The van der Waals surface area contributed by atoms with Crippen molar-refractivity contribution in [2.24, 2.45) is 10.7 Å². The topological polar surface area (TPSA) is 68.2 Å². The maximum Gasteiger partial charge on any atom is 0.193 e. The molecule has 0 saturated carbocycles. The van der Waals surface area contributed by atoms with Gasteiger partial charge in [0.2, 0.25) is 0 Å². The molecule has 1 heterocycles. The number of nitrogens with zero attached hydrogens (tertiary/aromatic N) is 3. The normalized spacial score (nSPS) is 14.6. The average molecular weight is 410 g/mol. The van der Waals surface area contributed by atoms with Crippen LogP contribution in [0.2, 0.25) is 15.1 Å². The van der Waals surface area contributed by atoms with E-state index in [1.807, 2.05) is 0 Å². The molecular weight excluding hydrogens is 393 g/mol. The molecule has 0 radical (unpaired) electrons. The van der Waals surface area contributed by atoms with Crippen LogP contribution < -0.4 is 11.1 Å². The molecule has 1 aromatic heterocycles. The third kappa shape index (κ3) is 4.91. The Bertz CT molecular complexity index is 944. The number of benzene rings is 2. The fourth-order valence-electron chi connectivity index (χ4n) is 2.31. The molecule has 0 aliphatic heterocycles. The Balaban J connectivity index is 1.96. The Labute approximate surface area is 167 Å². The zero-order valence-corrected chi connectivity index (χ0v) is 15.8. The molecule has 8 heteroatoms. The van der Waals surface area contributed by atoms with E-state index >= 15 is 0 Å². The lowest BCUT2D eigenvalue weighted by Crippen LogP contribution is -2.24. The van der Waals surface area contributed by atoms with Gasteiger partial charge in [-0.05, 0) is 42.0 Å². The zero-order valence-electron chi connectivity index (χ0n) is 14.5. The Kier molecular flexibility index (Phi) is 5.59. The van der Waals surface area contributed by atoms with Gasteiger partial charge in [-0.2, -0.15) is 0 Å². The highest BCUT2D eigenvalue weighted by molar-refractivity contribution is 6.35. The second-order valence-electron chi connectivity index (χ2n) is 5.43. The van der Waals surface area contributed by atoms with Crippen molar-refractivity contribution in [2.75, 3.05) is 5.32 Å². The molecule has 0 spiro atoms. The molecule has 1 unspecified atom stereocenters. The van der Waals surface area contributed by atoms with Crippen LogP contribution in [0.25, 0.3) is 0 Å². The van der Waals surface area contributed by atoms with Crippen LogP contribution in [0, 0.1) is 0 Å². The molecule has 2 aromatic carbocycles. The summed E-state index contributed by atoms with van der Waals surface area (Å²) in [6.07, 6.45) is 4.97. The number of aromatic nitrogens is 2. The standard InChI is InChI=1S/C18H16Cl3N5/c19-12-1-4-14(5-2-12)24-18(22)25-17(10-26-8-7-23-11-26)15-6-3-13(20)9-16(15)21/h1-9,11,17H,10H2,(H3,22,24,25)/i17D. The summed E-state index contributed by atoms with van der Waals surface area (Å²) in [6.45, 7) is 0.164. The summed E-state index contributed by atoms with van der Waals surface area (Å²) < 4.78 is 10.7. The van der Waals surface area contributed by atoms with Crippen molar-refractivity contribution in [3.05, 3.63) is 81.8 Å². The number of hydrogen-bond donors (Lipinski definition) is 2. The molecule has 0 amide bonds. The van der Waals surface area contributed by atoms with Crippen LogP contribution in [0.15, 0.2) is 66.2 Å². The molecule has 0 bridgehead atoms. The van der Waals surface area contributed by atoms with E-state index in [1.54, 1.807) is 65.8 Å². The Hall–Kier alpha value is -2.21. The van der Waals surface area contributed by atoms with Gasteiger partial charge in [-0.1, -0.05) is 40.9 Å². The number of guanidine groups is 1. The van der Waals surface area contributed by atoms with E-state index in [0.717, 1.165) is 0 Å². The second kappa shape index (κ2) is 8.45. The molecule has 0 aliphatic rings. The van der Waals surface area contributed by atoms with Gasteiger partial charge in [-0.25, -0.2) is 9.98 Å². The fraction of sp³-hybridized carbons (Fsp3) is 0.111. The van der Waals surface area contributed by atoms with Gasteiger partial charge in [0.1, 0.15) is 0 Å². The molecule has 3 rings (SSSR count). The van der Waals surface area contributed by atoms with Gasteiger partial charge in [-0.3, -0.25) is 0 Å². The van der Waals surface area contributed by atoms with Crippen molar-refractivity contribution >= 4 is 46.4 Å². The first kappa shape index (κ1) is 17.2. The number of anilines is 1. The van der Waals surface area contributed by atoms with Crippen LogP contribution in [0.1, 0.15) is 13.0 Å². The Morgan fingerprint density at radius 3 is 2.58 bits per heavy atom. The Morgan fingerprint density at radius 2 is 1.92 bits per heavy atom. The zero-order chi connectivity index (χ0) is 19.4. The summed E-state index contributed by atoms with van der Waals surface area (Å²) in [5, 5.41) is 4.38. The van der Waals surface area contributed by atoms with E-state index in [9.17, 15) is 0 Å². The van der Waals surface area contributed by atoms with Gasteiger partial charge in [0.15, 0.2) is 5.96 Å². The SMILES string of the molecule is [2H]C(Cn1ccnc1)(N=C(N)Nc1ccc(Cl)cc1)c1ccc(Cl)cc1Cl. The number of hydrogen-bond acceptors (Lipinski definition) is 2. The molecule has 3 N–H and O–H groups in total. The van der Waals surface area contributed by atoms with Gasteiger partial charge in [-0.15, -0.1) is 0 Å². The number of halogens is 3. The van der Waals surface area contributed by atoms with Crippen molar-refractivity contribution in [2.45, 2.75) is 12.6 Å². The van der Waals surface area contributed by atoms with Crippen molar-refractivity contribution in [3.63, 3.8) is 0 Å². The van der Waals surface area contributed by atoms with Crippen molar-refractivity contribution < 1.29 is 1.37 Å². The van der Waals surface area contributed by atoms with Gasteiger partial charge in [0.25, 0.3) is 0 Å². The summed E-state index contributed by atoms with van der Waals surface area (Å²) >= 11 is 18.2. The molecular formula is C18H16Cl3N5. The summed E-state index contributed by atoms with van der Waals surface area (Å²) in [7, 11) is 0. The molecule has 0 saturated heterocycles. The van der Waals surface area contributed by atoms with E-state index in [1.165, 1.54) is 0 Å². The first-order valence-corrected chi connectivity index (χ1v) is 8.78. The first-order valence-electron chi connectivity index (χ1n) is 8.15. The number of aliphatic imine (C=N–C) groups is 1. The molecule has 3 aromatic rings. The summed E-state index contributed by atoms with van der Waals surface area (Å²) in [6, 6.07) is 10.4. The minimum atomic E-state index is -1.49. The lowest BCUT2D eigenvalue weighted by atomic mass is 10.1. The van der Waals surface area contributed by atoms with E-state index in [4.69, 9.17) is 41.9 Å².